The van der Waals surface area contributed by atoms with Gasteiger partial charge in [0.15, 0.2) is 11.5 Å². The molecule has 3 aromatic rings. The maximum atomic E-state index is 12.1. The highest BCUT2D eigenvalue weighted by atomic mass is 32.1. The first-order valence-corrected chi connectivity index (χ1v) is 9.87. The van der Waals surface area contributed by atoms with Crippen molar-refractivity contribution in [3.05, 3.63) is 34.0 Å². The predicted molar refractivity (Wildman–Crippen MR) is 104 cm³/mol. The smallest absolute Gasteiger partial charge is 0.270 e. The van der Waals surface area contributed by atoms with E-state index in [1.54, 1.807) is 5.38 Å². The summed E-state index contributed by atoms with van der Waals surface area (Å²) in [5.41, 5.74) is 1.13. The van der Waals surface area contributed by atoms with Crippen LogP contribution >= 0.6 is 11.3 Å². The molecule has 0 atom stereocenters. The fourth-order valence-electron chi connectivity index (χ4n) is 3.10. The fourth-order valence-corrected chi connectivity index (χ4v) is 3.69. The van der Waals surface area contributed by atoms with Crippen molar-refractivity contribution in [1.29, 1.82) is 0 Å². The summed E-state index contributed by atoms with van der Waals surface area (Å²) in [6.07, 6.45) is 0. The van der Waals surface area contributed by atoms with Gasteiger partial charge in [0.1, 0.15) is 11.5 Å². The van der Waals surface area contributed by atoms with E-state index in [9.17, 15) is 4.79 Å². The van der Waals surface area contributed by atoms with Gasteiger partial charge in [0.25, 0.3) is 5.91 Å². The monoisotopic (exact) mass is 385 g/mol. The molecular weight excluding hydrogens is 362 g/mol. The number of thiazole rings is 1. The number of carbonyl (C=O) groups is 1. The minimum atomic E-state index is -0.124. The third-order valence-corrected chi connectivity index (χ3v) is 5.38. The molecule has 1 saturated heterocycles. The molecule has 3 aromatic heterocycles. The molecule has 142 valence electrons. The Morgan fingerprint density at radius 2 is 2.07 bits per heavy atom. The molecule has 27 heavy (non-hydrogen) atoms. The molecule has 4 rings (SSSR count). The molecule has 0 spiro atoms. The van der Waals surface area contributed by atoms with Crippen molar-refractivity contribution in [2.24, 2.45) is 5.92 Å². The average molecular weight is 385 g/mol. The van der Waals surface area contributed by atoms with Crippen LogP contribution in [0.25, 0.3) is 5.65 Å². The number of nitrogens with one attached hydrogen (secondary N) is 1. The molecule has 0 aromatic carbocycles. The van der Waals surface area contributed by atoms with Crippen LogP contribution in [0.2, 0.25) is 0 Å². The summed E-state index contributed by atoms with van der Waals surface area (Å²) >= 11 is 1.49. The van der Waals surface area contributed by atoms with Crippen LogP contribution in [-0.4, -0.2) is 50.3 Å². The summed E-state index contributed by atoms with van der Waals surface area (Å²) in [5, 5.41) is 18.9. The molecule has 4 heterocycles. The second-order valence-corrected chi connectivity index (χ2v) is 9.03. The number of fused-ring (bicyclic) bond motifs is 1. The fraction of sp³-hybridized carbons (Fsp3) is 0.500. The number of aromatic nitrogens is 5. The summed E-state index contributed by atoms with van der Waals surface area (Å²) in [6.45, 7) is 10.6. The van der Waals surface area contributed by atoms with Crippen LogP contribution in [0.3, 0.4) is 0 Å². The minimum Gasteiger partial charge on any atom is -0.354 e. The van der Waals surface area contributed by atoms with Crippen LogP contribution in [-0.2, 0) is 5.41 Å². The Kier molecular flexibility index (Phi) is 4.33. The molecule has 1 amide bonds. The third-order valence-electron chi connectivity index (χ3n) is 4.60. The van der Waals surface area contributed by atoms with Gasteiger partial charge in [-0.25, -0.2) is 4.98 Å². The van der Waals surface area contributed by atoms with E-state index < -0.39 is 0 Å². The quantitative estimate of drug-likeness (QED) is 0.739. The topological polar surface area (TPSA) is 88.3 Å². The molecule has 9 heteroatoms. The molecule has 1 N–H and O–H groups in total. The predicted octanol–water partition coefficient (Wildman–Crippen LogP) is 2.05. The maximum absolute atomic E-state index is 12.1. The van der Waals surface area contributed by atoms with Crippen molar-refractivity contribution in [3.8, 4) is 0 Å². The second-order valence-electron chi connectivity index (χ2n) is 7.97. The zero-order chi connectivity index (χ0) is 19.2. The van der Waals surface area contributed by atoms with Crippen LogP contribution in [0, 0.1) is 12.8 Å². The van der Waals surface area contributed by atoms with Gasteiger partial charge in [0.05, 0.1) is 5.01 Å². The number of rotatable bonds is 4. The van der Waals surface area contributed by atoms with E-state index in [4.69, 9.17) is 5.10 Å². The van der Waals surface area contributed by atoms with E-state index >= 15 is 0 Å². The van der Waals surface area contributed by atoms with Crippen LogP contribution < -0.4 is 10.2 Å². The van der Waals surface area contributed by atoms with Gasteiger partial charge in [-0.05, 0) is 19.1 Å². The highest BCUT2D eigenvalue weighted by molar-refractivity contribution is 7.09. The summed E-state index contributed by atoms with van der Waals surface area (Å²) in [4.78, 5) is 18.5. The standard InChI is InChI=1S/C18H23N7OS/c1-11-20-13(10-27-11)16(26)19-7-12-8-24(9-12)15-6-5-14-21-22-17(18(2,3)4)25(14)23-15/h5-6,10,12H,7-9H2,1-4H3,(H,19,26). The van der Waals surface area contributed by atoms with Crippen molar-refractivity contribution in [1.82, 2.24) is 30.1 Å². The summed E-state index contributed by atoms with van der Waals surface area (Å²) < 4.78 is 1.83. The third kappa shape index (κ3) is 3.51. The lowest BCUT2D eigenvalue weighted by Gasteiger charge is -2.40. The Balaban J connectivity index is 1.37. The molecular formula is C18H23N7OS. The summed E-state index contributed by atoms with van der Waals surface area (Å²) in [6, 6.07) is 3.92. The Bertz CT molecular complexity index is 981. The second kappa shape index (κ2) is 6.56. The molecule has 1 aliphatic heterocycles. The molecule has 0 unspecified atom stereocenters. The van der Waals surface area contributed by atoms with E-state index in [2.05, 4.69) is 46.2 Å². The molecule has 0 saturated carbocycles. The van der Waals surface area contributed by atoms with Gasteiger partial charge >= 0.3 is 0 Å². The summed E-state index contributed by atoms with van der Waals surface area (Å²) in [7, 11) is 0. The normalized spacial score (nSPS) is 15.2. The van der Waals surface area contributed by atoms with Gasteiger partial charge in [-0.15, -0.1) is 26.6 Å². The molecule has 8 nitrogen and oxygen atoms in total. The Labute approximate surface area is 161 Å². The van der Waals surface area contributed by atoms with Gasteiger partial charge in [0, 0.05) is 36.3 Å². The van der Waals surface area contributed by atoms with Gasteiger partial charge in [-0.2, -0.15) is 4.52 Å². The minimum absolute atomic E-state index is 0.100. The Morgan fingerprint density at radius 3 is 2.74 bits per heavy atom. The van der Waals surface area contributed by atoms with Crippen LogP contribution in [0.5, 0.6) is 0 Å². The molecule has 0 radical (unpaired) electrons. The first-order chi connectivity index (χ1) is 12.8. The Morgan fingerprint density at radius 1 is 1.30 bits per heavy atom. The van der Waals surface area contributed by atoms with E-state index in [0.717, 1.165) is 35.4 Å². The number of amides is 1. The Hall–Kier alpha value is -2.55. The number of hydrogen-bond acceptors (Lipinski definition) is 7. The zero-order valence-electron chi connectivity index (χ0n) is 15.9. The highest BCUT2D eigenvalue weighted by Crippen LogP contribution is 2.25. The van der Waals surface area contributed by atoms with Crippen molar-refractivity contribution in [2.75, 3.05) is 24.5 Å². The lowest BCUT2D eigenvalue weighted by molar-refractivity contribution is 0.0940. The van der Waals surface area contributed by atoms with Gasteiger partial charge < -0.3 is 10.2 Å². The molecule has 1 fully saturated rings. The molecule has 0 bridgehead atoms. The van der Waals surface area contributed by atoms with E-state index in [1.807, 2.05) is 23.6 Å². The number of hydrogen-bond donors (Lipinski definition) is 1. The first kappa shape index (κ1) is 17.8. The maximum Gasteiger partial charge on any atom is 0.270 e. The van der Waals surface area contributed by atoms with E-state index in [0.29, 0.717) is 18.2 Å². The number of carbonyl (C=O) groups excluding carboxylic acids is 1. The van der Waals surface area contributed by atoms with Crippen molar-refractivity contribution in [2.45, 2.75) is 33.1 Å². The van der Waals surface area contributed by atoms with Crippen LogP contribution in [0.4, 0.5) is 5.82 Å². The lowest BCUT2D eigenvalue weighted by Crippen LogP contribution is -2.52. The van der Waals surface area contributed by atoms with Crippen molar-refractivity contribution in [3.63, 3.8) is 0 Å². The lowest BCUT2D eigenvalue weighted by atomic mass is 9.96. The largest absolute Gasteiger partial charge is 0.354 e. The highest BCUT2D eigenvalue weighted by Gasteiger charge is 2.29. The first-order valence-electron chi connectivity index (χ1n) is 8.99. The average Bonchev–Trinajstić information content (AvgIpc) is 3.18. The summed E-state index contributed by atoms with van der Waals surface area (Å²) in [5.74, 6) is 2.07. The van der Waals surface area contributed by atoms with E-state index in [-0.39, 0.29) is 11.3 Å². The van der Waals surface area contributed by atoms with Crippen LogP contribution in [0.1, 0.15) is 42.1 Å². The van der Waals surface area contributed by atoms with Gasteiger partial charge in [0.2, 0.25) is 0 Å². The number of anilines is 1. The SMILES string of the molecule is Cc1nc(C(=O)NCC2CN(c3ccc4nnc(C(C)(C)C)n4n3)C2)cs1. The van der Waals surface area contributed by atoms with Gasteiger partial charge in [-0.1, -0.05) is 20.8 Å². The van der Waals surface area contributed by atoms with Crippen LogP contribution in [0.15, 0.2) is 17.5 Å². The van der Waals surface area contributed by atoms with Crippen molar-refractivity contribution < 1.29 is 4.79 Å². The zero-order valence-corrected chi connectivity index (χ0v) is 16.7. The molecule has 1 aliphatic rings. The van der Waals surface area contributed by atoms with Crippen molar-refractivity contribution >= 4 is 28.7 Å². The number of aryl methyl sites for hydroxylation is 1. The number of nitrogens with zero attached hydrogens (tertiary/aromatic N) is 6. The van der Waals surface area contributed by atoms with E-state index in [1.165, 1.54) is 11.3 Å². The van der Waals surface area contributed by atoms with Gasteiger partial charge in [-0.3, -0.25) is 4.79 Å². The molecule has 0 aliphatic carbocycles.